The molecule has 140 heavy (non-hydrogen) atoms. The SMILES string of the molecule is CC1CCCCC1NC(=O)c1ccc2nc(-c3ccc(C(=O)Nc4ccccc4)cc3)[nH]c2c1.Cc1ccc(NC(=O)c2ccc(-c3nc4ccc(C(=O)NC5CCCCCC5)cc4[nH]3)cc2)nc1.O=C(Nc1ccccc1)c1ccc(-c2nc3ccc(C(=O)NC4C5CC6CC(C5)CC4C6)cc3[nH]2)cc1.O=C(Nc1cccnc1)c1ccc(-c2nc3ccc(C(=O)NC4CCCCCC4)cc3[nH]2)cc1. The third-order valence-corrected chi connectivity index (χ3v) is 28.1. The summed E-state index contributed by atoms with van der Waals surface area (Å²) in [5, 5.41) is 24.4. The van der Waals surface area contributed by atoms with Gasteiger partial charge in [0.1, 0.15) is 29.1 Å². The molecule has 23 rings (SSSR count). The van der Waals surface area contributed by atoms with Gasteiger partial charge in [-0.15, -0.1) is 0 Å². The van der Waals surface area contributed by atoms with Crippen molar-refractivity contribution in [1.82, 2.24) is 71.1 Å². The Morgan fingerprint density at radius 3 is 0.993 bits per heavy atom. The van der Waals surface area contributed by atoms with Gasteiger partial charge >= 0.3 is 0 Å². The Balaban J connectivity index is 0.000000119. The molecule has 0 spiro atoms. The largest absolute Gasteiger partial charge is 0.349 e. The zero-order valence-electron chi connectivity index (χ0n) is 78.5. The number of carbonyl (C=O) groups excluding carboxylic acids is 8. The average molecular weight is 1860 g/mol. The van der Waals surface area contributed by atoms with Gasteiger partial charge in [-0.05, 0) is 276 Å². The maximum absolute atomic E-state index is 13.2. The molecule has 7 fully saturated rings. The van der Waals surface area contributed by atoms with Crippen LogP contribution < -0.4 is 42.5 Å². The molecule has 0 aliphatic heterocycles. The number of imidazole rings is 4. The van der Waals surface area contributed by atoms with Gasteiger partial charge in [0, 0.05) is 115 Å². The lowest BCUT2D eigenvalue weighted by Crippen LogP contribution is -2.55. The third-order valence-electron chi connectivity index (χ3n) is 28.1. The van der Waals surface area contributed by atoms with E-state index in [1.165, 1.54) is 103 Å². The van der Waals surface area contributed by atoms with Crippen molar-refractivity contribution >= 4 is 114 Å². The number of nitrogens with one attached hydrogen (secondary N) is 12. The van der Waals surface area contributed by atoms with E-state index >= 15 is 0 Å². The average Bonchev–Trinajstić information content (AvgIpc) is 1.01. The van der Waals surface area contributed by atoms with Gasteiger partial charge < -0.3 is 62.5 Å². The van der Waals surface area contributed by atoms with Crippen LogP contribution in [0.2, 0.25) is 0 Å². The first-order chi connectivity index (χ1) is 68.3. The summed E-state index contributed by atoms with van der Waals surface area (Å²) >= 11 is 0. The third kappa shape index (κ3) is 23.0. The number of carbonyl (C=O) groups is 8. The first-order valence-electron chi connectivity index (χ1n) is 49.2. The summed E-state index contributed by atoms with van der Waals surface area (Å²) in [6.45, 7) is 4.16. The van der Waals surface area contributed by atoms with E-state index in [-0.39, 0.29) is 65.4 Å². The Morgan fingerprint density at radius 2 is 0.636 bits per heavy atom. The van der Waals surface area contributed by atoms with E-state index in [9.17, 15) is 38.4 Å². The molecule has 6 heterocycles. The molecule has 6 aromatic heterocycles. The summed E-state index contributed by atoms with van der Waals surface area (Å²) in [5.41, 5.74) is 17.9. The van der Waals surface area contributed by atoms with Gasteiger partial charge in [-0.3, -0.25) is 43.3 Å². The summed E-state index contributed by atoms with van der Waals surface area (Å²) in [6, 6.07) is 78.6. The summed E-state index contributed by atoms with van der Waals surface area (Å²) < 4.78 is 0. The molecule has 2 unspecified atom stereocenters. The van der Waals surface area contributed by atoms with Crippen LogP contribution in [-0.2, 0) is 0 Å². The molecule has 26 heteroatoms. The van der Waals surface area contributed by atoms with E-state index in [2.05, 4.69) is 94.3 Å². The molecule has 7 saturated carbocycles. The predicted molar refractivity (Wildman–Crippen MR) is 549 cm³/mol. The summed E-state index contributed by atoms with van der Waals surface area (Å²) in [5.74, 6) is 6.08. The molecule has 12 N–H and O–H groups in total. The molecule has 10 aromatic carbocycles. The van der Waals surface area contributed by atoms with Crippen LogP contribution in [0.25, 0.3) is 89.7 Å². The number of amides is 8. The van der Waals surface area contributed by atoms with Crippen molar-refractivity contribution in [3.63, 3.8) is 0 Å². The quantitative estimate of drug-likeness (QED) is 0.0316. The molecule has 7 aliphatic carbocycles. The predicted octanol–water partition coefficient (Wildman–Crippen LogP) is 22.8. The van der Waals surface area contributed by atoms with Crippen molar-refractivity contribution in [1.29, 1.82) is 0 Å². The lowest BCUT2D eigenvalue weighted by atomic mass is 9.54. The van der Waals surface area contributed by atoms with E-state index in [1.807, 2.05) is 195 Å². The fourth-order valence-corrected chi connectivity index (χ4v) is 20.7. The number of pyridine rings is 2. The summed E-state index contributed by atoms with van der Waals surface area (Å²) in [6.07, 6.45) is 30.1. The van der Waals surface area contributed by atoms with Crippen LogP contribution in [0.5, 0.6) is 0 Å². The molecule has 16 aromatic rings. The number of hydrogen-bond donors (Lipinski definition) is 12. The first kappa shape index (κ1) is 93.2. The second-order valence-electron chi connectivity index (χ2n) is 38.2. The molecule has 26 nitrogen and oxygen atoms in total. The number of H-pyrrole nitrogens is 4. The number of anilines is 4. The number of para-hydroxylation sites is 2. The molecular weight excluding hydrogens is 1750 g/mol. The maximum atomic E-state index is 13.2. The van der Waals surface area contributed by atoms with Gasteiger partial charge in [-0.1, -0.05) is 162 Å². The van der Waals surface area contributed by atoms with Gasteiger partial charge in [0.15, 0.2) is 0 Å². The second kappa shape index (κ2) is 43.2. The van der Waals surface area contributed by atoms with E-state index in [1.54, 1.807) is 85.3 Å². The van der Waals surface area contributed by atoms with Gasteiger partial charge in [0.05, 0.1) is 56.0 Å². The fraction of sp³-hybridized carbons (Fsp3) is 0.281. The summed E-state index contributed by atoms with van der Waals surface area (Å²) in [7, 11) is 0. The number of benzene rings is 10. The number of aromatic nitrogens is 10. The minimum Gasteiger partial charge on any atom is -0.349 e. The Kier molecular flexibility index (Phi) is 28.8. The van der Waals surface area contributed by atoms with Crippen molar-refractivity contribution in [3.8, 4) is 45.6 Å². The highest BCUT2D eigenvalue weighted by molar-refractivity contribution is 6.08. The highest BCUT2D eigenvalue weighted by Gasteiger charge is 2.49. The van der Waals surface area contributed by atoms with E-state index in [0.717, 1.165) is 127 Å². The van der Waals surface area contributed by atoms with Crippen LogP contribution >= 0.6 is 0 Å². The highest BCUT2D eigenvalue weighted by atomic mass is 16.2. The van der Waals surface area contributed by atoms with Crippen LogP contribution in [0, 0.1) is 36.5 Å². The van der Waals surface area contributed by atoms with Crippen LogP contribution in [0.4, 0.5) is 22.9 Å². The van der Waals surface area contributed by atoms with Gasteiger partial charge in [-0.2, -0.15) is 0 Å². The molecule has 8 amide bonds. The molecule has 708 valence electrons. The minimum absolute atomic E-state index is 0.0179. The molecule has 2 atom stereocenters. The molecule has 4 bridgehead atoms. The number of hydrogen-bond acceptors (Lipinski definition) is 14. The number of nitrogens with zero attached hydrogens (tertiary/aromatic N) is 6. The first-order valence-corrected chi connectivity index (χ1v) is 49.2. The standard InChI is InChI=1S/C31H30N4O2.C28H29N5O2.C28H28N4O2.C27H27N5O2/c36-30(32-25-4-2-1-3-5-25)21-8-6-20(7-9-21)29-33-26-11-10-22(17-27(26)34-29)31(37)35-28-23-13-18-12-19(15-23)16-24(28)14-18;1-18-8-15-25(29-17-18)33-27(34)20-11-9-19(10-12-20)26-31-23-14-13-21(16-24(23)32-26)28(35)30-22-6-4-2-3-5-7-22;1-18-7-5-6-10-23(18)32-28(34)21-15-16-24-25(17-21)31-26(30-24)19-11-13-20(14-12-19)27(33)29-22-8-3-2-4-9-22;33-26(30-22-8-5-15-28-17-22)19-11-9-18(10-12-19)25-31-23-14-13-20(16-24(23)32-25)27(34)29-21-6-3-1-2-4-7-21/h1-11,17-19,23-24,28H,12-16H2,(H,32,36)(H,33,34)(H,35,37);8-17,22H,2-7H2,1H3,(H,30,35)(H,31,32)(H,29,33,34);2-4,8-9,11-18,23H,5-7,10H2,1H3,(H,29,33)(H,30,31)(H,32,34);5,8-17,21H,1-4,6-7H2,(H,29,34)(H,30,33)(H,31,32). The lowest BCUT2D eigenvalue weighted by Gasteiger charge is -2.54. The van der Waals surface area contributed by atoms with Crippen LogP contribution in [-0.4, -0.2) is 121 Å². The Labute approximate surface area is 811 Å². The molecule has 0 radical (unpaired) electrons. The Bertz CT molecular complexity index is 7080. The number of fused-ring (bicyclic) bond motifs is 4. The fourth-order valence-electron chi connectivity index (χ4n) is 20.7. The number of aryl methyl sites for hydroxylation is 1. The normalized spacial score (nSPS) is 18.3. The van der Waals surface area contributed by atoms with Gasteiger partial charge in [0.25, 0.3) is 47.3 Å². The Hall–Kier alpha value is -15.9. The number of rotatable bonds is 20. The van der Waals surface area contributed by atoms with Crippen molar-refractivity contribution in [2.45, 2.75) is 173 Å². The van der Waals surface area contributed by atoms with Gasteiger partial charge in [0.2, 0.25) is 0 Å². The van der Waals surface area contributed by atoms with Crippen LogP contribution in [0.15, 0.2) is 273 Å². The van der Waals surface area contributed by atoms with Gasteiger partial charge in [-0.25, -0.2) is 24.9 Å². The number of aromatic amines is 4. The van der Waals surface area contributed by atoms with E-state index < -0.39 is 0 Å². The molecule has 7 aliphatic rings. The zero-order valence-corrected chi connectivity index (χ0v) is 78.5. The molecular formula is C114H114N18O8. The monoisotopic (exact) mass is 1860 g/mol. The maximum Gasteiger partial charge on any atom is 0.256 e. The lowest BCUT2D eigenvalue weighted by molar-refractivity contribution is -0.0119. The molecule has 0 saturated heterocycles. The van der Waals surface area contributed by atoms with Crippen molar-refractivity contribution in [3.05, 3.63) is 323 Å². The van der Waals surface area contributed by atoms with Crippen molar-refractivity contribution in [2.75, 3.05) is 21.3 Å². The summed E-state index contributed by atoms with van der Waals surface area (Å²) in [4.78, 5) is 142. The smallest absolute Gasteiger partial charge is 0.256 e. The second-order valence-corrected chi connectivity index (χ2v) is 38.2. The van der Waals surface area contributed by atoms with Crippen LogP contribution in [0.3, 0.4) is 0 Å². The zero-order chi connectivity index (χ0) is 96.0. The topological polar surface area (TPSA) is 373 Å². The minimum atomic E-state index is -0.221. The Morgan fingerprint density at radius 1 is 0.300 bits per heavy atom. The highest BCUT2D eigenvalue weighted by Crippen LogP contribution is 2.54. The van der Waals surface area contributed by atoms with Crippen LogP contribution in [0.1, 0.15) is 230 Å². The van der Waals surface area contributed by atoms with E-state index in [0.29, 0.717) is 103 Å². The van der Waals surface area contributed by atoms with E-state index in [4.69, 9.17) is 4.98 Å². The van der Waals surface area contributed by atoms with Crippen molar-refractivity contribution in [2.24, 2.45) is 29.6 Å². The van der Waals surface area contributed by atoms with Crippen molar-refractivity contribution < 1.29 is 38.4 Å².